The summed E-state index contributed by atoms with van der Waals surface area (Å²) in [7, 11) is 0. The number of nitrogens with one attached hydrogen (secondary N) is 3. The van der Waals surface area contributed by atoms with Crippen molar-refractivity contribution in [3.05, 3.63) is 65.9 Å². The van der Waals surface area contributed by atoms with Gasteiger partial charge in [0, 0.05) is 34.1 Å². The summed E-state index contributed by atoms with van der Waals surface area (Å²) >= 11 is 1.70. The van der Waals surface area contributed by atoms with E-state index in [1.54, 1.807) is 23.7 Å². The average Bonchev–Trinajstić information content (AvgIpc) is 3.60. The van der Waals surface area contributed by atoms with E-state index in [2.05, 4.69) is 55.6 Å². The van der Waals surface area contributed by atoms with Gasteiger partial charge in [-0.2, -0.15) is 5.10 Å². The molecule has 0 spiro atoms. The van der Waals surface area contributed by atoms with Gasteiger partial charge in [-0.1, -0.05) is 12.5 Å². The smallest absolute Gasteiger partial charge is 0.227 e. The zero-order chi connectivity index (χ0) is 24.9. The molecule has 3 N–H and O–H groups in total. The lowest BCUT2D eigenvalue weighted by Crippen LogP contribution is -2.28. The monoisotopic (exact) mass is 505 g/mol. The first-order valence-electron chi connectivity index (χ1n) is 12.3. The summed E-state index contributed by atoms with van der Waals surface area (Å²) in [5, 5.41) is 11.7. The first-order chi connectivity index (χ1) is 18.1. The molecule has 1 aromatic carbocycles. The van der Waals surface area contributed by atoms with Crippen molar-refractivity contribution in [2.24, 2.45) is 5.92 Å². The van der Waals surface area contributed by atoms with Crippen LogP contribution in [0.5, 0.6) is 0 Å². The Balaban J connectivity index is 1.26. The van der Waals surface area contributed by atoms with Crippen LogP contribution in [-0.4, -0.2) is 36.0 Å². The lowest BCUT2D eigenvalue weighted by atomic mass is 9.85. The number of aromatic amines is 2. The number of hydrogen-bond acceptors (Lipinski definition) is 6. The summed E-state index contributed by atoms with van der Waals surface area (Å²) < 4.78 is 0. The number of hydrogen-bond donors (Lipinski definition) is 3. The standard InChI is InChI=1S/C28H23N7OS/c1-15-5-8-23(37-15)26-25-22(9-10-30-26)32-27(33-25)24-20-12-17(6-7-21(20)34-35-24)18-11-19(14-29-13-18)31-28(36)16-3-2-4-16/h5-14,16H,2-4H2,1H3,(H,31,36)(H,32,33)(H,34,35). The van der Waals surface area contributed by atoms with E-state index in [9.17, 15) is 4.79 Å². The number of rotatable bonds is 5. The van der Waals surface area contributed by atoms with Crippen LogP contribution in [0.15, 0.2) is 61.1 Å². The number of benzene rings is 1. The van der Waals surface area contributed by atoms with Gasteiger partial charge in [0.25, 0.3) is 0 Å². The van der Waals surface area contributed by atoms with Crippen molar-refractivity contribution < 1.29 is 4.79 Å². The quantitative estimate of drug-likeness (QED) is 0.253. The molecular weight excluding hydrogens is 482 g/mol. The second kappa shape index (κ2) is 8.63. The Labute approximate surface area is 216 Å². The van der Waals surface area contributed by atoms with Gasteiger partial charge in [0.15, 0.2) is 5.82 Å². The van der Waals surface area contributed by atoms with Crippen molar-refractivity contribution in [2.75, 3.05) is 5.32 Å². The first kappa shape index (κ1) is 21.9. The van der Waals surface area contributed by atoms with E-state index in [-0.39, 0.29) is 11.8 Å². The van der Waals surface area contributed by atoms with E-state index in [1.807, 2.05) is 30.5 Å². The summed E-state index contributed by atoms with van der Waals surface area (Å²) in [6, 6.07) is 14.2. The molecule has 1 saturated carbocycles. The van der Waals surface area contributed by atoms with Gasteiger partial charge in [-0.15, -0.1) is 11.3 Å². The molecule has 8 nitrogen and oxygen atoms in total. The highest BCUT2D eigenvalue weighted by Gasteiger charge is 2.25. The van der Waals surface area contributed by atoms with Gasteiger partial charge in [-0.25, -0.2) is 4.98 Å². The maximum atomic E-state index is 12.4. The number of nitrogens with zero attached hydrogens (tertiary/aromatic N) is 4. The van der Waals surface area contributed by atoms with Gasteiger partial charge in [-0.05, 0) is 61.7 Å². The van der Waals surface area contributed by atoms with Crippen molar-refractivity contribution in [3.8, 4) is 33.2 Å². The fourth-order valence-electron chi connectivity index (χ4n) is 4.74. The van der Waals surface area contributed by atoms with Crippen LogP contribution in [0, 0.1) is 12.8 Å². The number of H-pyrrole nitrogens is 2. The molecule has 0 unspecified atom stereocenters. The Morgan fingerprint density at radius 2 is 1.95 bits per heavy atom. The van der Waals surface area contributed by atoms with Crippen LogP contribution < -0.4 is 5.32 Å². The fraction of sp³-hybridized carbons (Fsp3) is 0.179. The molecule has 9 heteroatoms. The Kier molecular flexibility index (Phi) is 5.10. The van der Waals surface area contributed by atoms with Crippen LogP contribution in [0.4, 0.5) is 5.69 Å². The number of aryl methyl sites for hydroxylation is 1. The Morgan fingerprint density at radius 3 is 2.76 bits per heavy atom. The van der Waals surface area contributed by atoms with Crippen molar-refractivity contribution in [1.82, 2.24) is 30.1 Å². The van der Waals surface area contributed by atoms with Gasteiger partial charge in [0.1, 0.15) is 16.9 Å². The Morgan fingerprint density at radius 1 is 1.03 bits per heavy atom. The topological polar surface area (TPSA) is 112 Å². The number of imidazole rings is 1. The third-order valence-electron chi connectivity index (χ3n) is 6.98. The highest BCUT2D eigenvalue weighted by atomic mass is 32.1. The van der Waals surface area contributed by atoms with E-state index >= 15 is 0 Å². The molecule has 1 aliphatic rings. The van der Waals surface area contributed by atoms with Crippen LogP contribution in [0.3, 0.4) is 0 Å². The van der Waals surface area contributed by atoms with Crippen LogP contribution >= 0.6 is 11.3 Å². The molecule has 1 amide bonds. The average molecular weight is 506 g/mol. The fourth-order valence-corrected chi connectivity index (χ4v) is 5.61. The minimum Gasteiger partial charge on any atom is -0.336 e. The predicted octanol–water partition coefficient (Wildman–Crippen LogP) is 6.34. The number of carbonyl (C=O) groups is 1. The van der Waals surface area contributed by atoms with Crippen molar-refractivity contribution in [2.45, 2.75) is 26.2 Å². The third kappa shape index (κ3) is 3.88. The van der Waals surface area contributed by atoms with Gasteiger partial charge in [0.05, 0.1) is 27.8 Å². The number of aromatic nitrogens is 6. The zero-order valence-electron chi connectivity index (χ0n) is 20.1. The van der Waals surface area contributed by atoms with Crippen molar-refractivity contribution >= 4 is 44.9 Å². The lowest BCUT2D eigenvalue weighted by molar-refractivity contribution is -0.122. The van der Waals surface area contributed by atoms with Crippen molar-refractivity contribution in [1.29, 1.82) is 0 Å². The molecule has 6 aromatic rings. The largest absolute Gasteiger partial charge is 0.336 e. The number of carbonyl (C=O) groups excluding carboxylic acids is 1. The first-order valence-corrected chi connectivity index (χ1v) is 13.1. The van der Waals surface area contributed by atoms with Gasteiger partial charge in [0.2, 0.25) is 5.91 Å². The molecule has 0 aliphatic heterocycles. The van der Waals surface area contributed by atoms with Gasteiger partial charge >= 0.3 is 0 Å². The molecule has 0 radical (unpaired) electrons. The van der Waals surface area contributed by atoms with Crippen LogP contribution in [0.1, 0.15) is 24.1 Å². The molecule has 0 atom stereocenters. The molecule has 37 heavy (non-hydrogen) atoms. The number of fused-ring (bicyclic) bond motifs is 2. The number of pyridine rings is 2. The van der Waals surface area contributed by atoms with E-state index in [4.69, 9.17) is 4.98 Å². The summed E-state index contributed by atoms with van der Waals surface area (Å²) in [5.74, 6) is 0.881. The molecule has 1 fully saturated rings. The van der Waals surface area contributed by atoms with E-state index < -0.39 is 0 Å². The van der Waals surface area contributed by atoms with Gasteiger partial charge in [-0.3, -0.25) is 19.9 Å². The molecular formula is C28H23N7OS. The predicted molar refractivity (Wildman–Crippen MR) is 146 cm³/mol. The minimum atomic E-state index is 0.0780. The number of amides is 1. The van der Waals surface area contributed by atoms with E-state index in [1.165, 1.54) is 4.88 Å². The number of anilines is 1. The maximum absolute atomic E-state index is 12.4. The Hall–Kier alpha value is -4.37. The molecule has 182 valence electrons. The molecule has 7 rings (SSSR count). The molecule has 1 aliphatic carbocycles. The normalized spacial score (nSPS) is 13.8. The SMILES string of the molecule is Cc1ccc(-c2nccc3[nH]c(-c4n[nH]c5ccc(-c6cncc(NC(=O)C7CCC7)c6)cc45)nc23)s1. The van der Waals surface area contributed by atoms with E-state index in [0.29, 0.717) is 11.5 Å². The molecule has 5 aromatic heterocycles. The highest BCUT2D eigenvalue weighted by molar-refractivity contribution is 7.15. The van der Waals surface area contributed by atoms with Crippen LogP contribution in [0.25, 0.3) is 55.2 Å². The maximum Gasteiger partial charge on any atom is 0.227 e. The summed E-state index contributed by atoms with van der Waals surface area (Å²) in [6.45, 7) is 2.09. The summed E-state index contributed by atoms with van der Waals surface area (Å²) in [6.07, 6.45) is 8.36. The zero-order valence-corrected chi connectivity index (χ0v) is 20.9. The molecule has 5 heterocycles. The lowest BCUT2D eigenvalue weighted by Gasteiger charge is -2.24. The Bertz CT molecular complexity index is 1790. The summed E-state index contributed by atoms with van der Waals surface area (Å²) in [5.41, 5.74) is 6.87. The van der Waals surface area contributed by atoms with Gasteiger partial charge < -0.3 is 10.3 Å². The van der Waals surface area contributed by atoms with Crippen LogP contribution in [0.2, 0.25) is 0 Å². The minimum absolute atomic E-state index is 0.0780. The molecule has 0 bridgehead atoms. The molecule has 0 saturated heterocycles. The number of thiophene rings is 1. The van der Waals surface area contributed by atoms with E-state index in [0.717, 1.165) is 68.6 Å². The highest BCUT2D eigenvalue weighted by Crippen LogP contribution is 2.35. The second-order valence-corrected chi connectivity index (χ2v) is 10.8. The third-order valence-corrected chi connectivity index (χ3v) is 7.98. The van der Waals surface area contributed by atoms with Crippen LogP contribution in [-0.2, 0) is 4.79 Å². The second-order valence-electron chi connectivity index (χ2n) is 9.46. The summed E-state index contributed by atoms with van der Waals surface area (Å²) in [4.78, 5) is 32.1. The van der Waals surface area contributed by atoms with Crippen molar-refractivity contribution in [3.63, 3.8) is 0 Å².